The van der Waals surface area contributed by atoms with Crippen molar-refractivity contribution in [1.82, 2.24) is 4.90 Å². The first-order chi connectivity index (χ1) is 11.1. The maximum atomic E-state index is 12.5. The van der Waals surface area contributed by atoms with Gasteiger partial charge in [0.05, 0.1) is 12.0 Å². The van der Waals surface area contributed by atoms with Crippen LogP contribution in [0.3, 0.4) is 0 Å². The number of likely N-dealkylation sites (tertiary alicyclic amines) is 1. The first kappa shape index (κ1) is 15.3. The number of primary amides is 1. The van der Waals surface area contributed by atoms with Crippen molar-refractivity contribution < 1.29 is 9.59 Å². The average molecular weight is 308 g/mol. The number of benzene rings is 2. The topological polar surface area (TPSA) is 63.4 Å². The number of amides is 2. The highest BCUT2D eigenvalue weighted by Crippen LogP contribution is 2.34. The summed E-state index contributed by atoms with van der Waals surface area (Å²) in [6.07, 6.45) is 0.199. The lowest BCUT2D eigenvalue weighted by atomic mass is 9.96. The van der Waals surface area contributed by atoms with Crippen molar-refractivity contribution in [1.29, 1.82) is 0 Å². The molecule has 4 nitrogen and oxygen atoms in total. The second-order valence-electron chi connectivity index (χ2n) is 6.07. The van der Waals surface area contributed by atoms with Crippen molar-refractivity contribution in [3.05, 3.63) is 71.3 Å². The standard InChI is InChI=1S/C19H20N2O2/c1-13-7-9-15(10-8-13)18(14-5-3-2-4-6-14)21-12-16(19(20)23)11-17(21)22/h2-10,16,18H,11-12H2,1H3,(H2,20,23). The molecule has 1 aliphatic rings. The van der Waals surface area contributed by atoms with Crippen molar-refractivity contribution in [2.75, 3.05) is 6.54 Å². The highest BCUT2D eigenvalue weighted by Gasteiger charge is 2.38. The fourth-order valence-corrected chi connectivity index (χ4v) is 3.11. The van der Waals surface area contributed by atoms with Gasteiger partial charge in [-0.2, -0.15) is 0 Å². The summed E-state index contributed by atoms with van der Waals surface area (Å²) in [5.41, 5.74) is 8.65. The van der Waals surface area contributed by atoms with Crippen LogP contribution in [0.5, 0.6) is 0 Å². The second kappa shape index (κ2) is 6.24. The van der Waals surface area contributed by atoms with E-state index in [-0.39, 0.29) is 18.4 Å². The quantitative estimate of drug-likeness (QED) is 0.943. The third-order valence-electron chi connectivity index (χ3n) is 4.38. The van der Waals surface area contributed by atoms with Crippen LogP contribution < -0.4 is 5.73 Å². The van der Waals surface area contributed by atoms with E-state index < -0.39 is 11.8 Å². The minimum atomic E-state index is -0.406. The van der Waals surface area contributed by atoms with Gasteiger partial charge in [0.1, 0.15) is 0 Å². The summed E-state index contributed by atoms with van der Waals surface area (Å²) in [4.78, 5) is 25.7. The van der Waals surface area contributed by atoms with Gasteiger partial charge in [-0.15, -0.1) is 0 Å². The maximum absolute atomic E-state index is 12.5. The van der Waals surface area contributed by atoms with E-state index in [1.165, 1.54) is 5.56 Å². The number of carbonyl (C=O) groups is 2. The van der Waals surface area contributed by atoms with Crippen LogP contribution >= 0.6 is 0 Å². The van der Waals surface area contributed by atoms with E-state index in [1.54, 1.807) is 4.90 Å². The molecule has 2 aromatic rings. The molecule has 2 atom stereocenters. The average Bonchev–Trinajstić information content (AvgIpc) is 2.93. The number of hydrogen-bond acceptors (Lipinski definition) is 2. The minimum absolute atomic E-state index is 0.0248. The van der Waals surface area contributed by atoms with Crippen LogP contribution in [-0.2, 0) is 9.59 Å². The molecule has 2 amide bonds. The predicted octanol–water partition coefficient (Wildman–Crippen LogP) is 2.42. The summed E-state index contributed by atoms with van der Waals surface area (Å²) < 4.78 is 0. The third-order valence-corrected chi connectivity index (χ3v) is 4.38. The Bertz CT molecular complexity index is 710. The molecule has 1 heterocycles. The Balaban J connectivity index is 2.01. The zero-order valence-corrected chi connectivity index (χ0v) is 13.1. The fraction of sp³-hybridized carbons (Fsp3) is 0.263. The monoisotopic (exact) mass is 308 g/mol. The van der Waals surface area contributed by atoms with E-state index in [1.807, 2.05) is 61.5 Å². The molecule has 1 saturated heterocycles. The van der Waals surface area contributed by atoms with Gasteiger partial charge in [-0.05, 0) is 18.1 Å². The molecule has 23 heavy (non-hydrogen) atoms. The largest absolute Gasteiger partial charge is 0.369 e. The van der Waals surface area contributed by atoms with Crippen LogP contribution in [-0.4, -0.2) is 23.3 Å². The van der Waals surface area contributed by atoms with Gasteiger partial charge in [-0.1, -0.05) is 60.2 Å². The van der Waals surface area contributed by atoms with Gasteiger partial charge < -0.3 is 10.6 Å². The zero-order chi connectivity index (χ0) is 16.4. The number of carbonyl (C=O) groups excluding carboxylic acids is 2. The van der Waals surface area contributed by atoms with Crippen LogP contribution in [0.25, 0.3) is 0 Å². The minimum Gasteiger partial charge on any atom is -0.369 e. The van der Waals surface area contributed by atoms with Crippen molar-refractivity contribution >= 4 is 11.8 Å². The molecule has 3 rings (SSSR count). The maximum Gasteiger partial charge on any atom is 0.224 e. The predicted molar refractivity (Wildman–Crippen MR) is 88.5 cm³/mol. The molecule has 1 aliphatic heterocycles. The molecule has 0 aromatic heterocycles. The van der Waals surface area contributed by atoms with Crippen molar-refractivity contribution in [3.63, 3.8) is 0 Å². The molecular weight excluding hydrogens is 288 g/mol. The Morgan fingerprint density at radius 3 is 2.26 bits per heavy atom. The van der Waals surface area contributed by atoms with E-state index in [0.717, 1.165) is 11.1 Å². The lowest BCUT2D eigenvalue weighted by molar-refractivity contribution is -0.129. The molecule has 1 fully saturated rings. The Morgan fingerprint density at radius 1 is 1.09 bits per heavy atom. The summed E-state index contributed by atoms with van der Waals surface area (Å²) in [6, 6.07) is 17.9. The van der Waals surface area contributed by atoms with E-state index >= 15 is 0 Å². The van der Waals surface area contributed by atoms with Gasteiger partial charge in [-0.25, -0.2) is 0 Å². The van der Waals surface area contributed by atoms with Crippen LogP contribution in [0.2, 0.25) is 0 Å². The SMILES string of the molecule is Cc1ccc(C(c2ccccc2)N2CC(C(N)=O)CC2=O)cc1. The number of nitrogens with zero attached hydrogens (tertiary/aromatic N) is 1. The van der Waals surface area contributed by atoms with Gasteiger partial charge in [0.15, 0.2) is 0 Å². The molecule has 118 valence electrons. The van der Waals surface area contributed by atoms with Gasteiger partial charge in [0, 0.05) is 13.0 Å². The first-order valence-corrected chi connectivity index (χ1v) is 7.76. The highest BCUT2D eigenvalue weighted by molar-refractivity contribution is 5.88. The lowest BCUT2D eigenvalue weighted by Gasteiger charge is -2.29. The summed E-state index contributed by atoms with van der Waals surface area (Å²) in [5.74, 6) is -0.834. The molecule has 0 saturated carbocycles. The Morgan fingerprint density at radius 2 is 1.70 bits per heavy atom. The van der Waals surface area contributed by atoms with Crippen LogP contribution in [0.15, 0.2) is 54.6 Å². The van der Waals surface area contributed by atoms with E-state index in [2.05, 4.69) is 0 Å². The van der Waals surface area contributed by atoms with E-state index in [0.29, 0.717) is 6.54 Å². The first-order valence-electron chi connectivity index (χ1n) is 7.76. The van der Waals surface area contributed by atoms with Crippen molar-refractivity contribution in [2.45, 2.75) is 19.4 Å². The van der Waals surface area contributed by atoms with Crippen molar-refractivity contribution in [2.24, 2.45) is 11.7 Å². The van der Waals surface area contributed by atoms with Crippen LogP contribution in [0.4, 0.5) is 0 Å². The highest BCUT2D eigenvalue weighted by atomic mass is 16.2. The molecule has 0 spiro atoms. The third kappa shape index (κ3) is 3.11. The Hall–Kier alpha value is -2.62. The molecule has 0 bridgehead atoms. The number of aryl methyl sites for hydroxylation is 1. The smallest absolute Gasteiger partial charge is 0.224 e. The molecule has 0 radical (unpaired) electrons. The van der Waals surface area contributed by atoms with Gasteiger partial charge in [-0.3, -0.25) is 9.59 Å². The fourth-order valence-electron chi connectivity index (χ4n) is 3.11. The van der Waals surface area contributed by atoms with Crippen molar-refractivity contribution in [3.8, 4) is 0 Å². The summed E-state index contributed by atoms with van der Waals surface area (Å²) in [7, 11) is 0. The second-order valence-corrected chi connectivity index (χ2v) is 6.07. The van der Waals surface area contributed by atoms with E-state index in [9.17, 15) is 9.59 Å². The summed E-state index contributed by atoms with van der Waals surface area (Å²) >= 11 is 0. The summed E-state index contributed by atoms with van der Waals surface area (Å²) in [5, 5.41) is 0. The normalized spacial score (nSPS) is 18.9. The van der Waals surface area contributed by atoms with Gasteiger partial charge in [0.2, 0.25) is 11.8 Å². The molecular formula is C19H20N2O2. The molecule has 2 aromatic carbocycles. The molecule has 2 N–H and O–H groups in total. The number of rotatable bonds is 4. The Labute approximate surface area is 135 Å². The summed E-state index contributed by atoms with van der Waals surface area (Å²) in [6.45, 7) is 2.41. The lowest BCUT2D eigenvalue weighted by Crippen LogP contribution is -2.32. The Kier molecular flexibility index (Phi) is 4.15. The van der Waals surface area contributed by atoms with Crippen LogP contribution in [0, 0.1) is 12.8 Å². The van der Waals surface area contributed by atoms with Gasteiger partial charge >= 0.3 is 0 Å². The van der Waals surface area contributed by atoms with Gasteiger partial charge in [0.25, 0.3) is 0 Å². The van der Waals surface area contributed by atoms with Crippen LogP contribution in [0.1, 0.15) is 29.2 Å². The molecule has 0 aliphatic carbocycles. The number of hydrogen-bond donors (Lipinski definition) is 1. The van der Waals surface area contributed by atoms with E-state index in [4.69, 9.17) is 5.73 Å². The molecule has 2 unspecified atom stereocenters. The molecule has 4 heteroatoms. The number of nitrogens with two attached hydrogens (primary N) is 1. The zero-order valence-electron chi connectivity index (χ0n) is 13.1.